The molecule has 2 rings (SSSR count). The number of hydrogen-bond acceptors (Lipinski definition) is 2. The van der Waals surface area contributed by atoms with Crippen molar-refractivity contribution in [1.82, 2.24) is 0 Å². The second kappa shape index (κ2) is 6.25. The van der Waals surface area contributed by atoms with Gasteiger partial charge in [0.25, 0.3) is 0 Å². The molecule has 0 aliphatic rings. The van der Waals surface area contributed by atoms with Crippen molar-refractivity contribution in [3.63, 3.8) is 0 Å². The number of nitrogens with zero attached hydrogens (tertiary/aromatic N) is 1. The molecule has 0 unspecified atom stereocenters. The van der Waals surface area contributed by atoms with E-state index >= 15 is 0 Å². The molecule has 2 aromatic rings. The Morgan fingerprint density at radius 2 is 2.10 bits per heavy atom. The molecule has 0 heterocycles. The Balaban J connectivity index is 2.36. The fourth-order valence-electron chi connectivity index (χ4n) is 1.71. The highest BCUT2D eigenvalue weighted by molar-refractivity contribution is 9.10. The maximum absolute atomic E-state index is 14.0. The van der Waals surface area contributed by atoms with E-state index < -0.39 is 5.82 Å². The third kappa shape index (κ3) is 2.95. The molecule has 102 valence electrons. The SMILES string of the molecule is CCc1cc(Oc2ccc(C#N)c(Br)c2F)ccc1Cl. The third-order valence-electron chi connectivity index (χ3n) is 2.79. The highest BCUT2D eigenvalue weighted by Crippen LogP contribution is 2.32. The van der Waals surface area contributed by atoms with Crippen molar-refractivity contribution in [1.29, 1.82) is 5.26 Å². The van der Waals surface area contributed by atoms with Gasteiger partial charge in [0.1, 0.15) is 11.8 Å². The molecule has 0 radical (unpaired) electrons. The molecule has 0 atom stereocenters. The van der Waals surface area contributed by atoms with Gasteiger partial charge in [0, 0.05) is 5.02 Å². The minimum atomic E-state index is -0.600. The number of aryl methyl sites for hydroxylation is 1. The van der Waals surface area contributed by atoms with Gasteiger partial charge >= 0.3 is 0 Å². The average molecular weight is 355 g/mol. The van der Waals surface area contributed by atoms with Gasteiger partial charge in [0.2, 0.25) is 0 Å². The van der Waals surface area contributed by atoms with E-state index in [-0.39, 0.29) is 15.8 Å². The van der Waals surface area contributed by atoms with Crippen LogP contribution in [0.1, 0.15) is 18.1 Å². The number of halogens is 3. The standard InChI is InChI=1S/C15H10BrClFNO/c1-2-9-7-11(4-5-12(9)17)20-13-6-3-10(8-19)14(16)15(13)18/h3-7H,2H2,1H3. The molecule has 0 N–H and O–H groups in total. The first kappa shape index (κ1) is 14.8. The van der Waals surface area contributed by atoms with Crippen LogP contribution in [0, 0.1) is 17.1 Å². The Kier molecular flexibility index (Phi) is 4.64. The van der Waals surface area contributed by atoms with Crippen LogP contribution in [-0.4, -0.2) is 0 Å². The molecule has 5 heteroatoms. The van der Waals surface area contributed by atoms with Gasteiger partial charge in [-0.2, -0.15) is 5.26 Å². The minimum absolute atomic E-state index is 0.0558. The highest BCUT2D eigenvalue weighted by atomic mass is 79.9. The number of hydrogen-bond donors (Lipinski definition) is 0. The molecule has 0 aromatic heterocycles. The summed E-state index contributed by atoms with van der Waals surface area (Å²) in [6.45, 7) is 1.98. The largest absolute Gasteiger partial charge is 0.454 e. The zero-order chi connectivity index (χ0) is 14.7. The van der Waals surface area contributed by atoms with Gasteiger partial charge in [-0.3, -0.25) is 0 Å². The highest BCUT2D eigenvalue weighted by Gasteiger charge is 2.13. The van der Waals surface area contributed by atoms with Crippen molar-refractivity contribution < 1.29 is 9.13 Å². The maximum atomic E-state index is 14.0. The van der Waals surface area contributed by atoms with E-state index in [1.54, 1.807) is 18.2 Å². The van der Waals surface area contributed by atoms with E-state index in [0.717, 1.165) is 12.0 Å². The molecule has 0 aliphatic carbocycles. The lowest BCUT2D eigenvalue weighted by atomic mass is 10.1. The van der Waals surface area contributed by atoms with Crippen molar-refractivity contribution in [2.45, 2.75) is 13.3 Å². The van der Waals surface area contributed by atoms with Gasteiger partial charge in [-0.25, -0.2) is 4.39 Å². The summed E-state index contributed by atoms with van der Waals surface area (Å²) in [5.74, 6) is -0.0425. The Labute approximate surface area is 129 Å². The van der Waals surface area contributed by atoms with Crippen LogP contribution in [-0.2, 0) is 6.42 Å². The molecule has 2 aromatic carbocycles. The molecule has 0 amide bonds. The zero-order valence-electron chi connectivity index (χ0n) is 10.6. The molecule has 0 fully saturated rings. The first-order valence-corrected chi connectivity index (χ1v) is 7.08. The second-order valence-electron chi connectivity index (χ2n) is 4.06. The number of rotatable bonds is 3. The molecule has 0 bridgehead atoms. The molecule has 0 saturated carbocycles. The van der Waals surface area contributed by atoms with E-state index in [1.807, 2.05) is 13.0 Å². The van der Waals surface area contributed by atoms with Crippen LogP contribution >= 0.6 is 27.5 Å². The van der Waals surface area contributed by atoms with Gasteiger partial charge in [0.15, 0.2) is 11.6 Å². The Morgan fingerprint density at radius 1 is 1.35 bits per heavy atom. The van der Waals surface area contributed by atoms with Crippen molar-refractivity contribution in [2.24, 2.45) is 0 Å². The van der Waals surface area contributed by atoms with Crippen LogP contribution in [0.5, 0.6) is 11.5 Å². The summed E-state index contributed by atoms with van der Waals surface area (Å²) in [5.41, 5.74) is 1.15. The number of benzene rings is 2. The summed E-state index contributed by atoms with van der Waals surface area (Å²) in [7, 11) is 0. The number of ether oxygens (including phenoxy) is 1. The fourth-order valence-corrected chi connectivity index (χ4v) is 2.38. The van der Waals surface area contributed by atoms with Gasteiger partial charge < -0.3 is 4.74 Å². The predicted octanol–water partition coefficient (Wildman–Crippen LogP) is 5.47. The summed E-state index contributed by atoms with van der Waals surface area (Å²) in [5, 5.41) is 9.47. The minimum Gasteiger partial charge on any atom is -0.454 e. The summed E-state index contributed by atoms with van der Waals surface area (Å²) in [4.78, 5) is 0. The van der Waals surface area contributed by atoms with Crippen molar-refractivity contribution in [2.75, 3.05) is 0 Å². The predicted molar refractivity (Wildman–Crippen MR) is 79.7 cm³/mol. The van der Waals surface area contributed by atoms with Crippen molar-refractivity contribution >= 4 is 27.5 Å². The smallest absolute Gasteiger partial charge is 0.181 e. The van der Waals surface area contributed by atoms with Crippen molar-refractivity contribution in [3.05, 3.63) is 56.8 Å². The van der Waals surface area contributed by atoms with Crippen LogP contribution in [0.4, 0.5) is 4.39 Å². The van der Waals surface area contributed by atoms with Crippen LogP contribution in [0.3, 0.4) is 0 Å². The van der Waals surface area contributed by atoms with E-state index in [0.29, 0.717) is 10.8 Å². The maximum Gasteiger partial charge on any atom is 0.181 e. The van der Waals surface area contributed by atoms with Gasteiger partial charge in [-0.1, -0.05) is 18.5 Å². The second-order valence-corrected chi connectivity index (χ2v) is 5.26. The van der Waals surface area contributed by atoms with Gasteiger partial charge in [0.05, 0.1) is 10.0 Å². The lowest BCUT2D eigenvalue weighted by Crippen LogP contribution is -1.93. The molecule has 0 spiro atoms. The van der Waals surface area contributed by atoms with Crippen LogP contribution < -0.4 is 4.74 Å². The Bertz CT molecular complexity index is 697. The Hall–Kier alpha value is -1.57. The first-order chi connectivity index (χ1) is 9.56. The Morgan fingerprint density at radius 3 is 2.75 bits per heavy atom. The van der Waals surface area contributed by atoms with E-state index in [9.17, 15) is 4.39 Å². The number of nitriles is 1. The normalized spacial score (nSPS) is 10.2. The molecular weight excluding hydrogens is 345 g/mol. The van der Waals surface area contributed by atoms with Crippen molar-refractivity contribution in [3.8, 4) is 17.6 Å². The summed E-state index contributed by atoms with van der Waals surface area (Å²) in [6.07, 6.45) is 0.760. The summed E-state index contributed by atoms with van der Waals surface area (Å²) in [6, 6.07) is 9.98. The molecule has 2 nitrogen and oxygen atoms in total. The molecule has 0 aliphatic heterocycles. The third-order valence-corrected chi connectivity index (χ3v) is 3.94. The van der Waals surface area contributed by atoms with Crippen LogP contribution in [0.25, 0.3) is 0 Å². The summed E-state index contributed by atoms with van der Waals surface area (Å²) >= 11 is 9.07. The quantitative estimate of drug-likeness (QED) is 0.732. The monoisotopic (exact) mass is 353 g/mol. The molecule has 0 saturated heterocycles. The van der Waals surface area contributed by atoms with Gasteiger partial charge in [-0.15, -0.1) is 0 Å². The lowest BCUT2D eigenvalue weighted by molar-refractivity contribution is 0.440. The molecule has 20 heavy (non-hydrogen) atoms. The first-order valence-electron chi connectivity index (χ1n) is 5.91. The molecular formula is C15H10BrClFNO. The van der Waals surface area contributed by atoms with E-state index in [4.69, 9.17) is 21.6 Å². The topological polar surface area (TPSA) is 33.0 Å². The zero-order valence-corrected chi connectivity index (χ0v) is 12.9. The van der Waals surface area contributed by atoms with Gasteiger partial charge in [-0.05, 0) is 58.2 Å². The van der Waals surface area contributed by atoms with Crippen LogP contribution in [0.15, 0.2) is 34.8 Å². The van der Waals surface area contributed by atoms with E-state index in [1.165, 1.54) is 12.1 Å². The van der Waals surface area contributed by atoms with E-state index in [2.05, 4.69) is 15.9 Å². The fraction of sp³-hybridized carbons (Fsp3) is 0.133. The average Bonchev–Trinajstić information content (AvgIpc) is 2.46. The summed E-state index contributed by atoms with van der Waals surface area (Å²) < 4.78 is 19.7. The van der Waals surface area contributed by atoms with Crippen LogP contribution in [0.2, 0.25) is 5.02 Å². The lowest BCUT2D eigenvalue weighted by Gasteiger charge is -2.10.